The maximum absolute atomic E-state index is 10.8. The summed E-state index contributed by atoms with van der Waals surface area (Å²) in [7, 11) is 0. The Morgan fingerprint density at radius 2 is 2.22 bits per heavy atom. The van der Waals surface area contributed by atoms with Crippen LogP contribution in [0.5, 0.6) is 5.75 Å². The van der Waals surface area contributed by atoms with Crippen molar-refractivity contribution >= 4 is 5.69 Å². The second kappa shape index (κ2) is 5.27. The van der Waals surface area contributed by atoms with Gasteiger partial charge in [-0.3, -0.25) is 15.1 Å². The Morgan fingerprint density at radius 1 is 1.39 bits per heavy atom. The van der Waals surface area contributed by atoms with Gasteiger partial charge in [-0.1, -0.05) is 29.8 Å². The van der Waals surface area contributed by atoms with Crippen molar-refractivity contribution in [3.05, 3.63) is 64.0 Å². The highest BCUT2D eigenvalue weighted by Crippen LogP contribution is 2.25. The van der Waals surface area contributed by atoms with Gasteiger partial charge in [-0.2, -0.15) is 0 Å². The first-order valence-corrected chi connectivity index (χ1v) is 5.43. The maximum atomic E-state index is 10.8. The fourth-order valence-corrected chi connectivity index (χ4v) is 1.60. The first-order valence-electron chi connectivity index (χ1n) is 5.43. The molecular formula is C13H12N2O3. The molecule has 0 aliphatic heterocycles. The van der Waals surface area contributed by atoms with E-state index in [1.54, 1.807) is 0 Å². The number of nitro groups is 1. The van der Waals surface area contributed by atoms with Gasteiger partial charge in [-0.25, -0.2) is 0 Å². The van der Waals surface area contributed by atoms with Crippen LogP contribution >= 0.6 is 0 Å². The number of aromatic nitrogens is 1. The minimum Gasteiger partial charge on any atom is -0.482 e. The Hall–Kier alpha value is -2.43. The summed E-state index contributed by atoms with van der Waals surface area (Å²) < 4.78 is 5.46. The lowest BCUT2D eigenvalue weighted by Crippen LogP contribution is -1.99. The summed E-state index contributed by atoms with van der Waals surface area (Å²) in [6.45, 7) is 2.28. The Kier molecular flexibility index (Phi) is 3.52. The van der Waals surface area contributed by atoms with Gasteiger partial charge in [0.1, 0.15) is 12.8 Å². The number of hydrogen-bond acceptors (Lipinski definition) is 4. The number of nitrogens with zero attached hydrogens (tertiary/aromatic N) is 2. The number of pyridine rings is 1. The van der Waals surface area contributed by atoms with Gasteiger partial charge in [-0.05, 0) is 12.5 Å². The molecule has 2 aromatic rings. The minimum atomic E-state index is -0.501. The predicted octanol–water partition coefficient (Wildman–Crippen LogP) is 2.88. The number of aryl methyl sites for hydroxylation is 1. The van der Waals surface area contributed by atoms with Crippen LogP contribution in [0.3, 0.4) is 0 Å². The van der Waals surface area contributed by atoms with E-state index in [0.29, 0.717) is 6.61 Å². The summed E-state index contributed by atoms with van der Waals surface area (Å²) in [5.74, 6) is 0.233. The molecule has 0 amide bonds. The van der Waals surface area contributed by atoms with Crippen LogP contribution in [-0.2, 0) is 6.61 Å². The van der Waals surface area contributed by atoms with Crippen LogP contribution in [0.2, 0.25) is 0 Å². The molecule has 0 fully saturated rings. The largest absolute Gasteiger partial charge is 0.482 e. The van der Waals surface area contributed by atoms with Crippen molar-refractivity contribution in [2.24, 2.45) is 0 Å². The molecule has 0 spiro atoms. The number of ether oxygens (including phenoxy) is 1. The predicted molar refractivity (Wildman–Crippen MR) is 66.4 cm³/mol. The van der Waals surface area contributed by atoms with Crippen LogP contribution in [0.4, 0.5) is 5.69 Å². The number of benzene rings is 1. The molecule has 1 heterocycles. The molecule has 5 nitrogen and oxygen atoms in total. The van der Waals surface area contributed by atoms with Crippen molar-refractivity contribution in [3.63, 3.8) is 0 Å². The Bertz CT molecular complexity index is 570. The fourth-order valence-electron chi connectivity index (χ4n) is 1.60. The lowest BCUT2D eigenvalue weighted by molar-refractivity contribution is -0.386. The van der Waals surface area contributed by atoms with E-state index in [1.165, 1.54) is 18.5 Å². The van der Waals surface area contributed by atoms with Gasteiger partial charge in [0.2, 0.25) is 5.75 Å². The molecule has 0 aliphatic rings. The van der Waals surface area contributed by atoms with Gasteiger partial charge in [0.25, 0.3) is 0 Å². The van der Waals surface area contributed by atoms with E-state index in [0.717, 1.165) is 11.1 Å². The first kappa shape index (κ1) is 12.0. The maximum Gasteiger partial charge on any atom is 0.329 e. The summed E-state index contributed by atoms with van der Waals surface area (Å²) in [5.41, 5.74) is 1.98. The van der Waals surface area contributed by atoms with Crippen molar-refractivity contribution < 1.29 is 9.66 Å². The summed E-state index contributed by atoms with van der Waals surface area (Å²) in [5, 5.41) is 10.8. The Balaban J connectivity index is 2.13. The van der Waals surface area contributed by atoms with E-state index in [4.69, 9.17) is 4.74 Å². The number of rotatable bonds is 4. The van der Waals surface area contributed by atoms with Crippen LogP contribution in [-0.4, -0.2) is 9.91 Å². The summed E-state index contributed by atoms with van der Waals surface area (Å²) in [4.78, 5) is 14.0. The molecule has 0 unspecified atom stereocenters. The smallest absolute Gasteiger partial charge is 0.329 e. The highest BCUT2D eigenvalue weighted by atomic mass is 16.6. The molecule has 18 heavy (non-hydrogen) atoms. The summed E-state index contributed by atoms with van der Waals surface area (Å²) in [6, 6.07) is 9.30. The molecule has 2 rings (SSSR count). The number of hydrogen-bond donors (Lipinski definition) is 0. The van der Waals surface area contributed by atoms with Crippen LogP contribution < -0.4 is 4.74 Å². The second-order valence-electron chi connectivity index (χ2n) is 3.88. The van der Waals surface area contributed by atoms with Crippen molar-refractivity contribution in [1.82, 2.24) is 4.98 Å². The van der Waals surface area contributed by atoms with E-state index >= 15 is 0 Å². The van der Waals surface area contributed by atoms with Crippen LogP contribution in [0, 0.1) is 17.0 Å². The average Bonchev–Trinajstić information content (AvgIpc) is 2.37. The van der Waals surface area contributed by atoms with Crippen molar-refractivity contribution in [1.29, 1.82) is 0 Å². The summed E-state index contributed by atoms with van der Waals surface area (Å²) in [6.07, 6.45) is 2.66. The van der Waals surface area contributed by atoms with Crippen molar-refractivity contribution in [2.45, 2.75) is 13.5 Å². The lowest BCUT2D eigenvalue weighted by Gasteiger charge is -2.06. The fraction of sp³-hybridized carbons (Fsp3) is 0.154. The standard InChI is InChI=1S/C13H12N2O3/c1-10-3-2-4-11(7-10)9-18-13-5-6-14-8-12(13)15(16)17/h2-8H,9H2,1H3. The molecule has 0 atom stereocenters. The molecule has 1 aromatic heterocycles. The molecule has 1 aromatic carbocycles. The summed E-state index contributed by atoms with van der Waals surface area (Å²) >= 11 is 0. The Labute approximate surface area is 104 Å². The highest BCUT2D eigenvalue weighted by Gasteiger charge is 2.14. The van der Waals surface area contributed by atoms with Crippen LogP contribution in [0.15, 0.2) is 42.7 Å². The van der Waals surface area contributed by atoms with Crippen LogP contribution in [0.1, 0.15) is 11.1 Å². The molecule has 0 aliphatic carbocycles. The Morgan fingerprint density at radius 3 is 2.94 bits per heavy atom. The molecule has 0 saturated carbocycles. The molecule has 92 valence electrons. The molecule has 0 bridgehead atoms. The third-order valence-corrected chi connectivity index (χ3v) is 2.43. The highest BCUT2D eigenvalue weighted by molar-refractivity contribution is 5.43. The third-order valence-electron chi connectivity index (χ3n) is 2.43. The first-order chi connectivity index (χ1) is 8.66. The van der Waals surface area contributed by atoms with Gasteiger partial charge in [0.15, 0.2) is 0 Å². The van der Waals surface area contributed by atoms with E-state index in [9.17, 15) is 10.1 Å². The quantitative estimate of drug-likeness (QED) is 0.612. The van der Waals surface area contributed by atoms with Crippen molar-refractivity contribution in [3.8, 4) is 5.75 Å². The normalized spacial score (nSPS) is 10.1. The monoisotopic (exact) mass is 244 g/mol. The molecule has 0 N–H and O–H groups in total. The zero-order valence-corrected chi connectivity index (χ0v) is 9.87. The van der Waals surface area contributed by atoms with E-state index in [1.807, 2.05) is 31.2 Å². The van der Waals surface area contributed by atoms with E-state index < -0.39 is 4.92 Å². The SMILES string of the molecule is Cc1cccc(COc2ccncc2[N+](=O)[O-])c1. The van der Waals surface area contributed by atoms with Gasteiger partial charge in [-0.15, -0.1) is 0 Å². The average molecular weight is 244 g/mol. The van der Waals surface area contributed by atoms with Crippen molar-refractivity contribution in [2.75, 3.05) is 0 Å². The van der Waals surface area contributed by atoms with E-state index in [-0.39, 0.29) is 11.4 Å². The molecular weight excluding hydrogens is 232 g/mol. The van der Waals surface area contributed by atoms with Gasteiger partial charge in [0.05, 0.1) is 4.92 Å². The minimum absolute atomic E-state index is 0.120. The second-order valence-corrected chi connectivity index (χ2v) is 3.88. The molecule has 0 saturated heterocycles. The third kappa shape index (κ3) is 2.82. The van der Waals surface area contributed by atoms with Gasteiger partial charge < -0.3 is 4.74 Å². The zero-order chi connectivity index (χ0) is 13.0. The topological polar surface area (TPSA) is 65.3 Å². The van der Waals surface area contributed by atoms with Crippen LogP contribution in [0.25, 0.3) is 0 Å². The lowest BCUT2D eigenvalue weighted by atomic mass is 10.1. The zero-order valence-electron chi connectivity index (χ0n) is 9.87. The molecule has 0 radical (unpaired) electrons. The van der Waals surface area contributed by atoms with E-state index in [2.05, 4.69) is 4.98 Å². The molecule has 5 heteroatoms. The van der Waals surface area contributed by atoms with Gasteiger partial charge >= 0.3 is 5.69 Å². The van der Waals surface area contributed by atoms with Gasteiger partial charge in [0, 0.05) is 12.3 Å².